The van der Waals surface area contributed by atoms with Crippen molar-refractivity contribution in [3.05, 3.63) is 24.3 Å². The normalized spacial score (nSPS) is 25.3. The molecule has 4 rings (SSSR count). The lowest BCUT2D eigenvalue weighted by Gasteiger charge is -2.16. The van der Waals surface area contributed by atoms with E-state index in [0.29, 0.717) is 0 Å². The monoisotopic (exact) mass is 377 g/mol. The second-order valence-corrected chi connectivity index (χ2v) is 5.94. The van der Waals surface area contributed by atoms with Crippen molar-refractivity contribution in [3.8, 4) is 5.95 Å². The quantitative estimate of drug-likeness (QED) is 0.334. The van der Waals surface area contributed by atoms with Gasteiger partial charge in [-0.25, -0.2) is 14.5 Å². The molecule has 0 unspecified atom stereocenters. The first-order valence-electron chi connectivity index (χ1n) is 7.81. The maximum absolute atomic E-state index is 11.0. The molecule has 0 radical (unpaired) electrons. The molecule has 6 N–H and O–H groups in total. The Labute approximate surface area is 150 Å². The Morgan fingerprint density at radius 1 is 1.30 bits per heavy atom. The zero-order valence-electron chi connectivity index (χ0n) is 13.6. The van der Waals surface area contributed by atoms with Gasteiger partial charge in [0.15, 0.2) is 17.7 Å². The number of nitrogen functional groups attached to an aromatic ring is 1. The van der Waals surface area contributed by atoms with E-state index in [4.69, 9.17) is 15.6 Å². The molecule has 0 amide bonds. The maximum atomic E-state index is 11.0. The number of hydrogen-bond acceptors (Lipinski definition) is 10. The topological polar surface area (TPSA) is 195 Å². The number of rotatable bonds is 4. The Kier molecular flexibility index (Phi) is 4.00. The average molecular weight is 377 g/mol. The molecule has 3 aromatic heterocycles. The summed E-state index contributed by atoms with van der Waals surface area (Å²) in [5, 5.41) is 42.3. The first kappa shape index (κ1) is 17.3. The molecule has 1 fully saturated rings. The van der Waals surface area contributed by atoms with Gasteiger partial charge in [0.2, 0.25) is 0 Å². The fourth-order valence-corrected chi connectivity index (χ4v) is 2.87. The van der Waals surface area contributed by atoms with E-state index in [1.54, 1.807) is 0 Å². The van der Waals surface area contributed by atoms with Gasteiger partial charge < -0.3 is 30.9 Å². The molecule has 3 aromatic rings. The first-order valence-corrected chi connectivity index (χ1v) is 7.81. The lowest BCUT2D eigenvalue weighted by atomic mass is 10.1. The number of carboxylic acids is 1. The third-order valence-corrected chi connectivity index (χ3v) is 4.26. The standard InChI is InChI=1S/C14H15N7O6/c15-10-7-11(19-14(18-10)21-2-5(1-17-21)13(25)26)20(4-16-7)12-9(24)8(23)6(3-22)27-12/h1-2,4,6,8-9,12,22-24H,3H2,(H,25,26)(H2,15,18,19)/t6-,8-,9+,12-/m1/s1. The van der Waals surface area contributed by atoms with Crippen LogP contribution in [0.3, 0.4) is 0 Å². The number of imidazole rings is 1. The Hall–Kier alpha value is -3.13. The molecule has 13 heteroatoms. The molecular formula is C14H15N7O6. The summed E-state index contributed by atoms with van der Waals surface area (Å²) in [4.78, 5) is 23.4. The number of nitrogens with zero attached hydrogens (tertiary/aromatic N) is 6. The number of aromatic carboxylic acids is 1. The van der Waals surface area contributed by atoms with Gasteiger partial charge >= 0.3 is 5.97 Å². The minimum Gasteiger partial charge on any atom is -0.478 e. The van der Waals surface area contributed by atoms with Crippen LogP contribution in [0, 0.1) is 0 Å². The molecule has 1 aliphatic rings. The molecule has 0 saturated carbocycles. The average Bonchev–Trinajstić information content (AvgIpc) is 3.34. The second-order valence-electron chi connectivity index (χ2n) is 5.94. The molecule has 0 bridgehead atoms. The summed E-state index contributed by atoms with van der Waals surface area (Å²) in [7, 11) is 0. The molecule has 4 atom stereocenters. The van der Waals surface area contributed by atoms with Gasteiger partial charge in [0.25, 0.3) is 5.95 Å². The van der Waals surface area contributed by atoms with E-state index in [1.165, 1.54) is 17.1 Å². The number of carbonyl (C=O) groups is 1. The number of aliphatic hydroxyl groups excluding tert-OH is 3. The fraction of sp³-hybridized carbons (Fsp3) is 0.357. The molecule has 4 heterocycles. The van der Waals surface area contributed by atoms with Crippen LogP contribution in [0.15, 0.2) is 18.7 Å². The van der Waals surface area contributed by atoms with Crippen LogP contribution >= 0.6 is 0 Å². The van der Waals surface area contributed by atoms with Crippen LogP contribution in [0.25, 0.3) is 17.1 Å². The number of fused-ring (bicyclic) bond motifs is 1. The highest BCUT2D eigenvalue weighted by Crippen LogP contribution is 2.32. The van der Waals surface area contributed by atoms with Crippen LogP contribution < -0.4 is 5.73 Å². The Morgan fingerprint density at radius 2 is 2.07 bits per heavy atom. The molecule has 142 valence electrons. The van der Waals surface area contributed by atoms with Crippen LogP contribution in [0.1, 0.15) is 16.6 Å². The summed E-state index contributed by atoms with van der Waals surface area (Å²) in [6.07, 6.45) is -0.985. The maximum Gasteiger partial charge on any atom is 0.338 e. The summed E-state index contributed by atoms with van der Waals surface area (Å²) in [6.45, 7) is -0.477. The van der Waals surface area contributed by atoms with Gasteiger partial charge in [0, 0.05) is 6.20 Å². The third kappa shape index (κ3) is 2.69. The molecular weight excluding hydrogens is 362 g/mol. The number of ether oxygens (including phenoxy) is 1. The molecule has 0 aromatic carbocycles. The van der Waals surface area contributed by atoms with E-state index in [0.717, 1.165) is 10.9 Å². The highest BCUT2D eigenvalue weighted by molar-refractivity contribution is 5.87. The number of hydrogen-bond donors (Lipinski definition) is 5. The largest absolute Gasteiger partial charge is 0.478 e. The van der Waals surface area contributed by atoms with Crippen molar-refractivity contribution in [1.29, 1.82) is 0 Å². The Morgan fingerprint density at radius 3 is 2.70 bits per heavy atom. The van der Waals surface area contributed by atoms with Gasteiger partial charge in [-0.05, 0) is 0 Å². The Bertz CT molecular complexity index is 1020. The number of carboxylic acid groups (broad SMARTS) is 1. The van der Waals surface area contributed by atoms with Crippen LogP contribution in [0.2, 0.25) is 0 Å². The van der Waals surface area contributed by atoms with Crippen molar-refractivity contribution < 1.29 is 30.0 Å². The predicted molar refractivity (Wildman–Crippen MR) is 86.8 cm³/mol. The van der Waals surface area contributed by atoms with Gasteiger partial charge in [-0.15, -0.1) is 0 Å². The molecule has 0 aliphatic carbocycles. The van der Waals surface area contributed by atoms with E-state index in [-0.39, 0.29) is 28.5 Å². The molecule has 13 nitrogen and oxygen atoms in total. The van der Waals surface area contributed by atoms with Gasteiger partial charge in [0.1, 0.15) is 23.8 Å². The second kappa shape index (κ2) is 6.24. The number of aromatic nitrogens is 6. The van der Waals surface area contributed by atoms with E-state index < -0.39 is 37.1 Å². The lowest BCUT2D eigenvalue weighted by molar-refractivity contribution is -0.0511. The predicted octanol–water partition coefficient (Wildman–Crippen LogP) is -2.10. The molecule has 27 heavy (non-hydrogen) atoms. The summed E-state index contributed by atoms with van der Waals surface area (Å²) in [5.41, 5.74) is 6.25. The highest BCUT2D eigenvalue weighted by Gasteiger charge is 2.44. The van der Waals surface area contributed by atoms with E-state index in [9.17, 15) is 20.1 Å². The zero-order valence-corrected chi connectivity index (χ0v) is 13.6. The molecule has 1 aliphatic heterocycles. The zero-order chi connectivity index (χ0) is 19.3. The van der Waals surface area contributed by atoms with Gasteiger partial charge in [-0.2, -0.15) is 15.1 Å². The number of anilines is 1. The van der Waals surface area contributed by atoms with Crippen LogP contribution in [-0.4, -0.2) is 80.6 Å². The minimum atomic E-state index is -1.33. The van der Waals surface area contributed by atoms with Crippen molar-refractivity contribution >= 4 is 23.0 Å². The molecule has 0 spiro atoms. The Balaban J connectivity index is 1.80. The third-order valence-electron chi connectivity index (χ3n) is 4.26. The van der Waals surface area contributed by atoms with Crippen LogP contribution in [-0.2, 0) is 4.74 Å². The van der Waals surface area contributed by atoms with E-state index >= 15 is 0 Å². The summed E-state index contributed by atoms with van der Waals surface area (Å²) < 4.78 is 7.96. The first-order chi connectivity index (χ1) is 12.9. The van der Waals surface area contributed by atoms with Crippen LogP contribution in [0.5, 0.6) is 0 Å². The van der Waals surface area contributed by atoms with Crippen molar-refractivity contribution in [2.75, 3.05) is 12.3 Å². The number of nitrogens with two attached hydrogens (primary N) is 1. The summed E-state index contributed by atoms with van der Waals surface area (Å²) >= 11 is 0. The molecule has 1 saturated heterocycles. The SMILES string of the molecule is Nc1nc(-n2cc(C(=O)O)cn2)nc2c1ncn2[C@@H]1O[C@H](CO)[C@@H](O)[C@@H]1O. The summed E-state index contributed by atoms with van der Waals surface area (Å²) in [5.74, 6) is -1.17. The van der Waals surface area contributed by atoms with Crippen molar-refractivity contribution in [2.45, 2.75) is 24.5 Å². The minimum absolute atomic E-state index is 0.00729. The van der Waals surface area contributed by atoms with Gasteiger partial charge in [0.05, 0.1) is 24.7 Å². The smallest absolute Gasteiger partial charge is 0.338 e. The van der Waals surface area contributed by atoms with Crippen LogP contribution in [0.4, 0.5) is 5.82 Å². The van der Waals surface area contributed by atoms with Gasteiger partial charge in [-0.1, -0.05) is 0 Å². The van der Waals surface area contributed by atoms with E-state index in [2.05, 4.69) is 20.1 Å². The van der Waals surface area contributed by atoms with Gasteiger partial charge in [-0.3, -0.25) is 4.57 Å². The van der Waals surface area contributed by atoms with Crippen molar-refractivity contribution in [1.82, 2.24) is 29.3 Å². The summed E-state index contributed by atoms with van der Waals surface area (Å²) in [6, 6.07) is 0. The highest BCUT2D eigenvalue weighted by atomic mass is 16.6. The van der Waals surface area contributed by atoms with Crippen molar-refractivity contribution in [2.24, 2.45) is 0 Å². The van der Waals surface area contributed by atoms with E-state index in [1.807, 2.05) is 0 Å². The number of aliphatic hydroxyl groups is 3. The lowest BCUT2D eigenvalue weighted by Crippen LogP contribution is -2.33. The van der Waals surface area contributed by atoms with Crippen molar-refractivity contribution in [3.63, 3.8) is 0 Å². The fourth-order valence-electron chi connectivity index (χ4n) is 2.87.